The van der Waals surface area contributed by atoms with Crippen LogP contribution in [0.25, 0.3) is 22.6 Å². The molecule has 0 spiro atoms. The maximum Gasteiger partial charge on any atom is 0.332 e. The smallest absolute Gasteiger partial charge is 0.332 e. The van der Waals surface area contributed by atoms with Gasteiger partial charge in [0.15, 0.2) is 11.5 Å². The lowest BCUT2D eigenvalue weighted by atomic mass is 10.1. The molecule has 0 aliphatic heterocycles. The summed E-state index contributed by atoms with van der Waals surface area (Å²) in [6, 6.07) is 0. The third-order valence-corrected chi connectivity index (χ3v) is 5.78. The van der Waals surface area contributed by atoms with E-state index in [0.717, 1.165) is 17.7 Å². The number of rotatable bonds is 6. The molecule has 0 amide bonds. The van der Waals surface area contributed by atoms with E-state index in [0.29, 0.717) is 35.6 Å². The van der Waals surface area contributed by atoms with Gasteiger partial charge < -0.3 is 9.55 Å². The maximum absolute atomic E-state index is 13.3. The molecule has 0 aromatic carbocycles. The van der Waals surface area contributed by atoms with Crippen molar-refractivity contribution in [2.75, 3.05) is 0 Å². The Kier molecular flexibility index (Phi) is 5.20. The van der Waals surface area contributed by atoms with Crippen molar-refractivity contribution in [3.8, 4) is 11.5 Å². The highest BCUT2D eigenvalue weighted by atomic mass is 16.2. The first-order chi connectivity index (χ1) is 14.7. The molecule has 0 aliphatic rings. The predicted octanol–water partition coefficient (Wildman–Crippen LogP) is 2.20. The molecule has 31 heavy (non-hydrogen) atoms. The molecule has 0 bridgehead atoms. The summed E-state index contributed by atoms with van der Waals surface area (Å²) in [5, 5.41) is 5.22. The molecule has 1 N–H and O–H groups in total. The molecule has 0 unspecified atom stereocenters. The third kappa shape index (κ3) is 3.34. The molecule has 0 aliphatic carbocycles. The average Bonchev–Trinajstić information content (AvgIpc) is 3.40. The Morgan fingerprint density at radius 1 is 1.19 bits per heavy atom. The zero-order valence-electron chi connectivity index (χ0n) is 18.9. The SMILES string of the molecule is CCc1c(Cn2nc3c(c2-c2nccn2C)c(=O)n(C)c(=O)n3CC(C)C)c[nH]c1C. The van der Waals surface area contributed by atoms with E-state index < -0.39 is 0 Å². The van der Waals surface area contributed by atoms with Crippen molar-refractivity contribution in [1.82, 2.24) is 33.4 Å². The van der Waals surface area contributed by atoms with Gasteiger partial charge in [-0.25, -0.2) is 9.78 Å². The van der Waals surface area contributed by atoms with Crippen LogP contribution in [-0.4, -0.2) is 33.4 Å². The standard InChI is InChI=1S/C22H29N7O2/c1-7-16-14(4)24-10-15(16)12-29-18(20-23-8-9-26(20)5)17-19(25-29)28(11-13(2)3)22(31)27(6)21(17)30/h8-10,13,24H,7,11-12H2,1-6H3. The van der Waals surface area contributed by atoms with Crippen LogP contribution in [0.3, 0.4) is 0 Å². The highest BCUT2D eigenvalue weighted by molar-refractivity contribution is 5.89. The molecule has 4 aromatic rings. The first-order valence-electron chi connectivity index (χ1n) is 10.6. The second-order valence-corrected chi connectivity index (χ2v) is 8.49. The fourth-order valence-electron chi connectivity index (χ4n) is 4.23. The van der Waals surface area contributed by atoms with Gasteiger partial charge in [0.2, 0.25) is 0 Å². The van der Waals surface area contributed by atoms with Crippen molar-refractivity contribution in [3.63, 3.8) is 0 Å². The Morgan fingerprint density at radius 3 is 2.55 bits per heavy atom. The van der Waals surface area contributed by atoms with Gasteiger partial charge in [-0.05, 0) is 30.4 Å². The highest BCUT2D eigenvalue weighted by Gasteiger charge is 2.25. The summed E-state index contributed by atoms with van der Waals surface area (Å²) in [6.45, 7) is 9.20. The molecule has 9 nitrogen and oxygen atoms in total. The van der Waals surface area contributed by atoms with E-state index in [4.69, 9.17) is 5.10 Å². The molecule has 164 valence electrons. The summed E-state index contributed by atoms with van der Waals surface area (Å²) >= 11 is 0. The minimum atomic E-state index is -0.356. The Balaban J connectivity index is 2.08. The van der Waals surface area contributed by atoms with Crippen LogP contribution < -0.4 is 11.2 Å². The summed E-state index contributed by atoms with van der Waals surface area (Å²) in [7, 11) is 3.41. The van der Waals surface area contributed by atoms with Crippen LogP contribution in [0.4, 0.5) is 0 Å². The van der Waals surface area contributed by atoms with Gasteiger partial charge >= 0.3 is 5.69 Å². The Labute approximate surface area is 180 Å². The maximum atomic E-state index is 13.3. The zero-order valence-corrected chi connectivity index (χ0v) is 18.9. The van der Waals surface area contributed by atoms with Gasteiger partial charge in [0.25, 0.3) is 5.56 Å². The van der Waals surface area contributed by atoms with E-state index in [2.05, 4.69) is 23.8 Å². The second-order valence-electron chi connectivity index (χ2n) is 8.49. The number of aryl methyl sites for hydroxylation is 2. The first-order valence-corrected chi connectivity index (χ1v) is 10.6. The van der Waals surface area contributed by atoms with Gasteiger partial charge in [0, 0.05) is 44.9 Å². The minimum absolute atomic E-state index is 0.221. The summed E-state index contributed by atoms with van der Waals surface area (Å²) in [6.07, 6.45) is 6.42. The molecule has 0 atom stereocenters. The molecule has 9 heteroatoms. The molecular weight excluding hydrogens is 394 g/mol. The van der Waals surface area contributed by atoms with Crippen molar-refractivity contribution in [1.29, 1.82) is 0 Å². The quantitative estimate of drug-likeness (QED) is 0.514. The van der Waals surface area contributed by atoms with E-state index in [-0.39, 0.29) is 17.2 Å². The van der Waals surface area contributed by atoms with E-state index in [9.17, 15) is 9.59 Å². The number of H-pyrrole nitrogens is 1. The molecule has 0 fully saturated rings. The Morgan fingerprint density at radius 2 is 1.94 bits per heavy atom. The number of hydrogen-bond acceptors (Lipinski definition) is 4. The van der Waals surface area contributed by atoms with Crippen LogP contribution in [0.15, 0.2) is 28.2 Å². The fourth-order valence-corrected chi connectivity index (χ4v) is 4.23. The summed E-state index contributed by atoms with van der Waals surface area (Å²) < 4.78 is 6.45. The number of nitrogens with one attached hydrogen (secondary N) is 1. The Bertz CT molecular complexity index is 1380. The van der Waals surface area contributed by atoms with Crippen LogP contribution >= 0.6 is 0 Å². The van der Waals surface area contributed by atoms with Gasteiger partial charge in [-0.2, -0.15) is 5.10 Å². The van der Waals surface area contributed by atoms with Gasteiger partial charge in [-0.1, -0.05) is 20.8 Å². The van der Waals surface area contributed by atoms with Crippen molar-refractivity contribution in [3.05, 3.63) is 56.2 Å². The lowest BCUT2D eigenvalue weighted by Crippen LogP contribution is -2.38. The second kappa shape index (κ2) is 7.72. The largest absolute Gasteiger partial charge is 0.365 e. The zero-order chi connectivity index (χ0) is 22.4. The number of hydrogen-bond donors (Lipinski definition) is 1. The normalized spacial score (nSPS) is 11.8. The number of aromatic amines is 1. The van der Waals surface area contributed by atoms with Crippen molar-refractivity contribution in [2.24, 2.45) is 20.0 Å². The van der Waals surface area contributed by atoms with Crippen LogP contribution in [-0.2, 0) is 33.6 Å². The van der Waals surface area contributed by atoms with Crippen molar-refractivity contribution < 1.29 is 0 Å². The molecule has 0 radical (unpaired) electrons. The van der Waals surface area contributed by atoms with Gasteiger partial charge in [0.05, 0.1) is 6.54 Å². The molecule has 4 rings (SSSR count). The lowest BCUT2D eigenvalue weighted by molar-refractivity contribution is 0.498. The van der Waals surface area contributed by atoms with Crippen molar-refractivity contribution in [2.45, 2.75) is 47.2 Å². The van der Waals surface area contributed by atoms with Gasteiger partial charge in [-0.3, -0.25) is 18.6 Å². The van der Waals surface area contributed by atoms with Crippen LogP contribution in [0.2, 0.25) is 0 Å². The molecule has 4 heterocycles. The van der Waals surface area contributed by atoms with E-state index in [1.807, 2.05) is 42.5 Å². The average molecular weight is 424 g/mol. The lowest BCUT2D eigenvalue weighted by Gasteiger charge is -2.11. The molecule has 0 saturated heterocycles. The Hall–Kier alpha value is -3.36. The number of imidazole rings is 1. The minimum Gasteiger partial charge on any atom is -0.365 e. The van der Waals surface area contributed by atoms with E-state index in [1.54, 1.807) is 10.8 Å². The summed E-state index contributed by atoms with van der Waals surface area (Å²) in [5.41, 5.74) is 3.79. The van der Waals surface area contributed by atoms with Crippen LogP contribution in [0, 0.1) is 12.8 Å². The summed E-state index contributed by atoms with van der Waals surface area (Å²) in [4.78, 5) is 34.0. The van der Waals surface area contributed by atoms with Gasteiger partial charge in [-0.15, -0.1) is 0 Å². The molecule has 4 aromatic heterocycles. The highest BCUT2D eigenvalue weighted by Crippen LogP contribution is 2.27. The van der Waals surface area contributed by atoms with Crippen LogP contribution in [0.5, 0.6) is 0 Å². The van der Waals surface area contributed by atoms with Gasteiger partial charge in [0.1, 0.15) is 11.1 Å². The molecule has 0 saturated carbocycles. The fraction of sp³-hybridized carbons (Fsp3) is 0.455. The molecular formula is C22H29N7O2. The third-order valence-electron chi connectivity index (χ3n) is 5.78. The first kappa shape index (κ1) is 20.9. The topological polar surface area (TPSA) is 95.4 Å². The van der Waals surface area contributed by atoms with Crippen molar-refractivity contribution >= 4 is 11.0 Å². The number of fused-ring (bicyclic) bond motifs is 1. The summed E-state index contributed by atoms with van der Waals surface area (Å²) in [5.74, 6) is 0.860. The monoisotopic (exact) mass is 423 g/mol. The number of aromatic nitrogens is 7. The number of nitrogens with zero attached hydrogens (tertiary/aromatic N) is 6. The predicted molar refractivity (Wildman–Crippen MR) is 120 cm³/mol. The van der Waals surface area contributed by atoms with E-state index in [1.165, 1.54) is 17.2 Å². The van der Waals surface area contributed by atoms with Crippen LogP contribution in [0.1, 0.15) is 37.6 Å². The van der Waals surface area contributed by atoms with E-state index >= 15 is 0 Å².